The van der Waals surface area contributed by atoms with Gasteiger partial charge in [0.2, 0.25) is 11.8 Å². The molecule has 0 spiro atoms. The highest BCUT2D eigenvalue weighted by atomic mass is 79.9. The molecule has 0 aliphatic heterocycles. The number of methoxy groups -OCH3 is 1. The first kappa shape index (κ1) is 35.2. The standard InChI is InChI=1S/C38H42BrN3O5S/c1-27-13-17-30(18-14-27)25-41(35(23-29-9-5-4-6-10-29)38(44)40-31-11-7-8-12-31)37(43)26-42(32-19-15-28(2)16-20-32)48(45,46)33-21-22-36(47-3)34(39)24-33/h4-6,9-10,13-22,24,31,35H,7-8,11-12,23,25-26H2,1-3H3,(H,40,44). The second-order valence-corrected chi connectivity index (χ2v) is 15.1. The first-order valence-electron chi connectivity index (χ1n) is 16.2. The van der Waals surface area contributed by atoms with Gasteiger partial charge in [-0.3, -0.25) is 13.9 Å². The quantitative estimate of drug-likeness (QED) is 0.160. The molecule has 0 saturated heterocycles. The number of nitrogens with zero attached hydrogens (tertiary/aromatic N) is 2. The minimum atomic E-state index is -4.25. The van der Waals surface area contributed by atoms with E-state index in [0.717, 1.165) is 52.2 Å². The van der Waals surface area contributed by atoms with Crippen molar-refractivity contribution in [2.75, 3.05) is 18.0 Å². The van der Waals surface area contributed by atoms with Crippen molar-refractivity contribution in [1.82, 2.24) is 10.2 Å². The molecule has 4 aromatic carbocycles. The van der Waals surface area contributed by atoms with Crippen LogP contribution >= 0.6 is 15.9 Å². The third-order valence-electron chi connectivity index (χ3n) is 8.76. The zero-order valence-corrected chi connectivity index (χ0v) is 30.0. The monoisotopic (exact) mass is 731 g/mol. The van der Waals surface area contributed by atoms with Crippen LogP contribution in [0.25, 0.3) is 0 Å². The van der Waals surface area contributed by atoms with Gasteiger partial charge in [0.05, 0.1) is 22.2 Å². The maximum atomic E-state index is 14.7. The number of sulfonamides is 1. The van der Waals surface area contributed by atoms with E-state index in [1.54, 1.807) is 23.1 Å². The number of anilines is 1. The van der Waals surface area contributed by atoms with E-state index < -0.39 is 28.5 Å². The van der Waals surface area contributed by atoms with Gasteiger partial charge in [0.25, 0.3) is 10.0 Å². The maximum absolute atomic E-state index is 14.7. The molecule has 10 heteroatoms. The van der Waals surface area contributed by atoms with Crippen LogP contribution in [0.5, 0.6) is 5.75 Å². The van der Waals surface area contributed by atoms with Crippen LogP contribution in [0.15, 0.2) is 106 Å². The molecule has 4 aromatic rings. The van der Waals surface area contributed by atoms with E-state index in [-0.39, 0.29) is 29.8 Å². The third kappa shape index (κ3) is 8.65. The molecule has 0 heterocycles. The third-order valence-corrected chi connectivity index (χ3v) is 11.1. The maximum Gasteiger partial charge on any atom is 0.264 e. The van der Waals surface area contributed by atoms with Crippen molar-refractivity contribution in [3.8, 4) is 5.75 Å². The van der Waals surface area contributed by atoms with Crippen LogP contribution in [0, 0.1) is 13.8 Å². The molecule has 8 nitrogen and oxygen atoms in total. The van der Waals surface area contributed by atoms with Crippen LogP contribution in [-0.2, 0) is 32.6 Å². The lowest BCUT2D eigenvalue weighted by Crippen LogP contribution is -2.54. The SMILES string of the molecule is COc1ccc(S(=O)(=O)N(CC(=O)N(Cc2ccc(C)cc2)C(Cc2ccccc2)C(=O)NC2CCCC2)c2ccc(C)cc2)cc1Br. The van der Waals surface area contributed by atoms with Crippen molar-refractivity contribution in [3.63, 3.8) is 0 Å². The molecule has 252 valence electrons. The van der Waals surface area contributed by atoms with Gasteiger partial charge in [0.1, 0.15) is 18.3 Å². The zero-order valence-electron chi connectivity index (χ0n) is 27.6. The van der Waals surface area contributed by atoms with E-state index in [1.807, 2.05) is 80.6 Å². The number of nitrogens with one attached hydrogen (secondary N) is 1. The van der Waals surface area contributed by atoms with Crippen LogP contribution in [0.3, 0.4) is 0 Å². The Bertz CT molecular complexity index is 1810. The van der Waals surface area contributed by atoms with Gasteiger partial charge in [0.15, 0.2) is 0 Å². The van der Waals surface area contributed by atoms with E-state index in [9.17, 15) is 18.0 Å². The van der Waals surface area contributed by atoms with Crippen LogP contribution in [0.4, 0.5) is 5.69 Å². The molecule has 1 aliphatic rings. The summed E-state index contributed by atoms with van der Waals surface area (Å²) in [6.45, 7) is 3.52. The first-order chi connectivity index (χ1) is 23.0. The van der Waals surface area contributed by atoms with E-state index in [4.69, 9.17) is 4.74 Å². The predicted octanol–water partition coefficient (Wildman–Crippen LogP) is 6.97. The first-order valence-corrected chi connectivity index (χ1v) is 18.4. The Morgan fingerprint density at radius 3 is 2.10 bits per heavy atom. The molecule has 1 unspecified atom stereocenters. The smallest absolute Gasteiger partial charge is 0.264 e. The summed E-state index contributed by atoms with van der Waals surface area (Å²) >= 11 is 3.41. The number of rotatable bonds is 13. The van der Waals surface area contributed by atoms with Crippen molar-refractivity contribution in [2.45, 2.75) is 69.5 Å². The van der Waals surface area contributed by atoms with Gasteiger partial charge in [-0.25, -0.2) is 8.42 Å². The van der Waals surface area contributed by atoms with Gasteiger partial charge < -0.3 is 15.0 Å². The number of hydrogen-bond donors (Lipinski definition) is 1. The predicted molar refractivity (Wildman–Crippen MR) is 192 cm³/mol. The summed E-state index contributed by atoms with van der Waals surface area (Å²) in [4.78, 5) is 30.4. The highest BCUT2D eigenvalue weighted by Gasteiger charge is 2.35. The van der Waals surface area contributed by atoms with Crippen molar-refractivity contribution in [1.29, 1.82) is 0 Å². The number of hydrogen-bond acceptors (Lipinski definition) is 5. The molecule has 1 aliphatic carbocycles. The topological polar surface area (TPSA) is 96.0 Å². The van der Waals surface area contributed by atoms with E-state index in [2.05, 4.69) is 21.2 Å². The molecule has 1 saturated carbocycles. The molecule has 0 aromatic heterocycles. The fourth-order valence-corrected chi connectivity index (χ4v) is 8.12. The lowest BCUT2D eigenvalue weighted by atomic mass is 10.0. The lowest BCUT2D eigenvalue weighted by Gasteiger charge is -2.34. The summed E-state index contributed by atoms with van der Waals surface area (Å²) in [5.41, 5.74) is 4.09. The Morgan fingerprint density at radius 1 is 0.875 bits per heavy atom. The Hall–Kier alpha value is -4.15. The second kappa shape index (κ2) is 15.8. The van der Waals surface area contributed by atoms with Crippen LogP contribution in [0.2, 0.25) is 0 Å². The number of amides is 2. The molecule has 1 fully saturated rings. The van der Waals surface area contributed by atoms with Crippen LogP contribution in [0.1, 0.15) is 47.9 Å². The zero-order chi connectivity index (χ0) is 34.3. The van der Waals surface area contributed by atoms with Gasteiger partial charge in [-0.15, -0.1) is 0 Å². The van der Waals surface area contributed by atoms with Gasteiger partial charge in [0, 0.05) is 19.0 Å². The molecule has 1 atom stereocenters. The minimum absolute atomic E-state index is 0.00607. The fraction of sp³-hybridized carbons (Fsp3) is 0.316. The number of benzene rings is 4. The van der Waals surface area contributed by atoms with Crippen molar-refractivity contribution in [2.24, 2.45) is 0 Å². The molecular weight excluding hydrogens is 690 g/mol. The summed E-state index contributed by atoms with van der Waals surface area (Å²) in [7, 11) is -2.74. The van der Waals surface area contributed by atoms with Crippen molar-refractivity contribution in [3.05, 3.63) is 124 Å². The van der Waals surface area contributed by atoms with Crippen LogP contribution in [-0.4, -0.2) is 50.9 Å². The summed E-state index contributed by atoms with van der Waals surface area (Å²) in [6.07, 6.45) is 4.16. The number of halogens is 1. The Kier molecular flexibility index (Phi) is 11.6. The molecule has 5 rings (SSSR count). The Labute approximate surface area is 292 Å². The summed E-state index contributed by atoms with van der Waals surface area (Å²) < 4.78 is 35.6. The second-order valence-electron chi connectivity index (χ2n) is 12.3. The fourth-order valence-electron chi connectivity index (χ4n) is 5.99. The average Bonchev–Trinajstić information content (AvgIpc) is 3.60. The van der Waals surface area contributed by atoms with Crippen LogP contribution < -0.4 is 14.4 Å². The average molecular weight is 733 g/mol. The highest BCUT2D eigenvalue weighted by Crippen LogP contribution is 2.31. The minimum Gasteiger partial charge on any atom is -0.496 e. The summed E-state index contributed by atoms with van der Waals surface area (Å²) in [5.74, 6) is -0.252. The largest absolute Gasteiger partial charge is 0.496 e. The molecule has 0 bridgehead atoms. The Morgan fingerprint density at radius 2 is 1.50 bits per heavy atom. The van der Waals surface area contributed by atoms with Gasteiger partial charge >= 0.3 is 0 Å². The molecule has 48 heavy (non-hydrogen) atoms. The normalized spacial score (nSPS) is 13.9. The number of carbonyl (C=O) groups is 2. The number of ether oxygens (including phenoxy) is 1. The number of aryl methyl sites for hydroxylation is 2. The van der Waals surface area contributed by atoms with Gasteiger partial charge in [-0.1, -0.05) is 90.7 Å². The van der Waals surface area contributed by atoms with E-state index >= 15 is 0 Å². The van der Waals surface area contributed by atoms with Crippen molar-refractivity contribution >= 4 is 43.5 Å². The van der Waals surface area contributed by atoms with Gasteiger partial charge in [-0.2, -0.15) is 0 Å². The lowest BCUT2D eigenvalue weighted by molar-refractivity contribution is -0.140. The number of carbonyl (C=O) groups excluding carboxylic acids is 2. The van der Waals surface area contributed by atoms with E-state index in [1.165, 1.54) is 19.2 Å². The molecule has 1 N–H and O–H groups in total. The Balaban J connectivity index is 1.57. The molecular formula is C38H42BrN3O5S. The molecule has 0 radical (unpaired) electrons. The van der Waals surface area contributed by atoms with Gasteiger partial charge in [-0.05, 0) is 84.1 Å². The molecule has 2 amide bonds. The highest BCUT2D eigenvalue weighted by molar-refractivity contribution is 9.10. The summed E-state index contributed by atoms with van der Waals surface area (Å²) in [5, 5.41) is 3.21. The van der Waals surface area contributed by atoms with E-state index in [0.29, 0.717) is 15.9 Å². The summed E-state index contributed by atoms with van der Waals surface area (Å²) in [6, 6.07) is 28.1. The van der Waals surface area contributed by atoms with Crippen molar-refractivity contribution < 1.29 is 22.7 Å².